The SMILES string of the molecule is CCCOC(=O)C(C#N)=C(O)c1cccc2ccccc12. The maximum absolute atomic E-state index is 11.8. The maximum atomic E-state index is 11.8. The Kier molecular flexibility index (Phi) is 4.57. The van der Waals surface area contributed by atoms with E-state index in [0.29, 0.717) is 12.0 Å². The van der Waals surface area contributed by atoms with Crippen LogP contribution in [0.1, 0.15) is 18.9 Å². The molecule has 2 aromatic carbocycles. The minimum atomic E-state index is -0.801. The van der Waals surface area contributed by atoms with Crippen LogP contribution in [0, 0.1) is 11.3 Å². The van der Waals surface area contributed by atoms with Crippen LogP contribution >= 0.6 is 0 Å². The summed E-state index contributed by atoms with van der Waals surface area (Å²) in [5.74, 6) is -1.15. The van der Waals surface area contributed by atoms with Crippen molar-refractivity contribution in [2.45, 2.75) is 13.3 Å². The van der Waals surface area contributed by atoms with Gasteiger partial charge in [-0.2, -0.15) is 5.26 Å². The number of aliphatic hydroxyl groups is 1. The molecule has 0 unspecified atom stereocenters. The summed E-state index contributed by atoms with van der Waals surface area (Å²) < 4.78 is 4.92. The van der Waals surface area contributed by atoms with Crippen molar-refractivity contribution in [1.82, 2.24) is 0 Å². The number of aliphatic hydroxyl groups excluding tert-OH is 1. The predicted octanol–water partition coefficient (Wildman–Crippen LogP) is 3.59. The molecule has 0 spiro atoms. The molecule has 0 aliphatic rings. The molecule has 2 aromatic rings. The molecule has 4 nitrogen and oxygen atoms in total. The quantitative estimate of drug-likeness (QED) is 0.402. The topological polar surface area (TPSA) is 70.3 Å². The fourth-order valence-corrected chi connectivity index (χ4v) is 2.03. The van der Waals surface area contributed by atoms with Gasteiger partial charge in [0.1, 0.15) is 11.8 Å². The van der Waals surface area contributed by atoms with Crippen LogP contribution in [0.25, 0.3) is 16.5 Å². The summed E-state index contributed by atoms with van der Waals surface area (Å²) in [5.41, 5.74) is 0.0675. The Morgan fingerprint density at radius 3 is 2.67 bits per heavy atom. The fraction of sp³-hybridized carbons (Fsp3) is 0.176. The lowest BCUT2D eigenvalue weighted by molar-refractivity contribution is -0.138. The number of fused-ring (bicyclic) bond motifs is 1. The third-order valence-corrected chi connectivity index (χ3v) is 3.03. The molecule has 21 heavy (non-hydrogen) atoms. The normalized spacial score (nSPS) is 11.6. The Morgan fingerprint density at radius 2 is 1.95 bits per heavy atom. The van der Waals surface area contributed by atoms with Crippen molar-refractivity contribution in [3.63, 3.8) is 0 Å². The molecule has 4 heteroatoms. The van der Waals surface area contributed by atoms with Crippen LogP contribution in [0.5, 0.6) is 0 Å². The zero-order valence-corrected chi connectivity index (χ0v) is 11.7. The predicted molar refractivity (Wildman–Crippen MR) is 80.4 cm³/mol. The van der Waals surface area contributed by atoms with Crippen LogP contribution in [0.15, 0.2) is 48.0 Å². The molecule has 0 aliphatic heterocycles. The zero-order valence-electron chi connectivity index (χ0n) is 11.7. The van der Waals surface area contributed by atoms with E-state index in [0.717, 1.165) is 10.8 Å². The standard InChI is InChI=1S/C17H15NO3/c1-2-10-21-17(20)15(11-18)16(19)14-9-5-7-12-6-3-4-8-13(12)14/h3-9,19H,2,10H2,1H3. The summed E-state index contributed by atoms with van der Waals surface area (Å²) in [6.07, 6.45) is 0.652. The lowest BCUT2D eigenvalue weighted by Crippen LogP contribution is -2.09. The molecule has 106 valence electrons. The second-order valence-electron chi connectivity index (χ2n) is 4.50. The van der Waals surface area contributed by atoms with Crippen molar-refractivity contribution in [1.29, 1.82) is 5.26 Å². The molecule has 1 N–H and O–H groups in total. The highest BCUT2D eigenvalue weighted by Crippen LogP contribution is 2.25. The van der Waals surface area contributed by atoms with Crippen LogP contribution in [0.3, 0.4) is 0 Å². The number of ether oxygens (including phenoxy) is 1. The second kappa shape index (κ2) is 6.58. The first-order valence-electron chi connectivity index (χ1n) is 6.67. The zero-order chi connectivity index (χ0) is 15.2. The van der Waals surface area contributed by atoms with Gasteiger partial charge in [0.05, 0.1) is 6.61 Å². The average Bonchev–Trinajstić information content (AvgIpc) is 2.52. The molecule has 2 rings (SSSR count). The lowest BCUT2D eigenvalue weighted by atomic mass is 10.0. The number of nitriles is 1. The van der Waals surface area contributed by atoms with Gasteiger partial charge in [-0.15, -0.1) is 0 Å². The summed E-state index contributed by atoms with van der Waals surface area (Å²) in [5, 5.41) is 21.1. The van der Waals surface area contributed by atoms with Crippen molar-refractivity contribution >= 4 is 22.5 Å². The van der Waals surface area contributed by atoms with Gasteiger partial charge in [0.2, 0.25) is 0 Å². The molecule has 0 saturated carbocycles. The van der Waals surface area contributed by atoms with E-state index in [-0.39, 0.29) is 17.9 Å². The molecule has 0 fully saturated rings. The Morgan fingerprint density at radius 1 is 1.24 bits per heavy atom. The number of carbonyl (C=O) groups is 1. The number of rotatable bonds is 4. The number of hydrogen-bond donors (Lipinski definition) is 1. The summed E-state index contributed by atoms with van der Waals surface area (Å²) in [4.78, 5) is 11.8. The Bertz CT molecular complexity index is 736. The van der Waals surface area contributed by atoms with Gasteiger partial charge in [-0.05, 0) is 17.2 Å². The monoisotopic (exact) mass is 281 g/mol. The number of hydrogen-bond acceptors (Lipinski definition) is 4. The van der Waals surface area contributed by atoms with Gasteiger partial charge in [0.25, 0.3) is 0 Å². The summed E-state index contributed by atoms with van der Waals surface area (Å²) >= 11 is 0. The number of benzene rings is 2. The van der Waals surface area contributed by atoms with Crippen LogP contribution < -0.4 is 0 Å². The summed E-state index contributed by atoms with van der Waals surface area (Å²) in [6, 6.07) is 14.5. The van der Waals surface area contributed by atoms with E-state index < -0.39 is 5.97 Å². The number of esters is 1. The minimum absolute atomic E-state index is 0.215. The van der Waals surface area contributed by atoms with E-state index in [1.54, 1.807) is 18.2 Å². The van der Waals surface area contributed by atoms with Gasteiger partial charge < -0.3 is 9.84 Å². The van der Waals surface area contributed by atoms with Gasteiger partial charge in [-0.1, -0.05) is 49.4 Å². The second-order valence-corrected chi connectivity index (χ2v) is 4.50. The van der Waals surface area contributed by atoms with Gasteiger partial charge in [-0.25, -0.2) is 4.79 Å². The average molecular weight is 281 g/mol. The molecule has 0 amide bonds. The highest BCUT2D eigenvalue weighted by atomic mass is 16.5. The molecule has 0 atom stereocenters. The van der Waals surface area contributed by atoms with Crippen molar-refractivity contribution in [3.8, 4) is 6.07 Å². The highest BCUT2D eigenvalue weighted by molar-refractivity contribution is 6.03. The Hall–Kier alpha value is -2.80. The van der Waals surface area contributed by atoms with Crippen molar-refractivity contribution in [3.05, 3.63) is 53.6 Å². The molecule has 0 bridgehead atoms. The van der Waals surface area contributed by atoms with Crippen molar-refractivity contribution < 1.29 is 14.6 Å². The number of nitrogens with zero attached hydrogens (tertiary/aromatic N) is 1. The third-order valence-electron chi connectivity index (χ3n) is 3.03. The largest absolute Gasteiger partial charge is 0.506 e. The van der Waals surface area contributed by atoms with E-state index in [4.69, 9.17) is 10.00 Å². The van der Waals surface area contributed by atoms with Crippen molar-refractivity contribution in [2.24, 2.45) is 0 Å². The first-order chi connectivity index (χ1) is 10.2. The van der Waals surface area contributed by atoms with E-state index in [1.807, 2.05) is 37.3 Å². The molecule has 0 saturated heterocycles. The van der Waals surface area contributed by atoms with Crippen LogP contribution in [0.2, 0.25) is 0 Å². The van der Waals surface area contributed by atoms with Gasteiger partial charge in [0, 0.05) is 5.56 Å². The van der Waals surface area contributed by atoms with Gasteiger partial charge >= 0.3 is 5.97 Å². The van der Waals surface area contributed by atoms with Crippen molar-refractivity contribution in [2.75, 3.05) is 6.61 Å². The first-order valence-corrected chi connectivity index (χ1v) is 6.67. The molecular formula is C17H15NO3. The third kappa shape index (κ3) is 3.03. The molecular weight excluding hydrogens is 266 g/mol. The Balaban J connectivity index is 2.53. The van der Waals surface area contributed by atoms with E-state index in [1.165, 1.54) is 0 Å². The van der Waals surface area contributed by atoms with E-state index >= 15 is 0 Å². The van der Waals surface area contributed by atoms with Crippen LogP contribution in [-0.2, 0) is 9.53 Å². The van der Waals surface area contributed by atoms with Crippen LogP contribution in [-0.4, -0.2) is 17.7 Å². The first kappa shape index (κ1) is 14.6. The Labute approximate surface area is 122 Å². The van der Waals surface area contributed by atoms with E-state index in [2.05, 4.69) is 0 Å². The summed E-state index contributed by atoms with van der Waals surface area (Å²) in [6.45, 7) is 2.07. The smallest absolute Gasteiger partial charge is 0.352 e. The molecule has 0 aromatic heterocycles. The van der Waals surface area contributed by atoms with Gasteiger partial charge in [0.15, 0.2) is 5.57 Å². The summed E-state index contributed by atoms with van der Waals surface area (Å²) in [7, 11) is 0. The van der Waals surface area contributed by atoms with Gasteiger partial charge in [-0.3, -0.25) is 0 Å². The minimum Gasteiger partial charge on any atom is -0.506 e. The number of carbonyl (C=O) groups excluding carboxylic acids is 1. The lowest BCUT2D eigenvalue weighted by Gasteiger charge is -2.08. The van der Waals surface area contributed by atoms with Crippen LogP contribution in [0.4, 0.5) is 0 Å². The molecule has 0 heterocycles. The molecule has 0 radical (unpaired) electrons. The maximum Gasteiger partial charge on any atom is 0.352 e. The van der Waals surface area contributed by atoms with E-state index in [9.17, 15) is 9.90 Å². The highest BCUT2D eigenvalue weighted by Gasteiger charge is 2.19. The molecule has 0 aliphatic carbocycles. The fourth-order valence-electron chi connectivity index (χ4n) is 2.03.